The third-order valence-corrected chi connectivity index (χ3v) is 7.94. The van der Waals surface area contributed by atoms with Gasteiger partial charge in [0, 0.05) is 44.2 Å². The summed E-state index contributed by atoms with van der Waals surface area (Å²) in [7, 11) is -1.54. The lowest BCUT2D eigenvalue weighted by molar-refractivity contribution is -0.116. The van der Waals surface area contributed by atoms with E-state index in [2.05, 4.69) is 10.2 Å². The zero-order chi connectivity index (χ0) is 23.3. The normalized spacial score (nSPS) is 15.5. The molecule has 0 saturated carbocycles. The summed E-state index contributed by atoms with van der Waals surface area (Å²) < 4.78 is 27.3. The van der Waals surface area contributed by atoms with Gasteiger partial charge < -0.3 is 10.2 Å². The molecule has 3 aromatic rings. The lowest BCUT2D eigenvalue weighted by atomic mass is 9.88. The van der Waals surface area contributed by atoms with E-state index < -0.39 is 10.0 Å². The number of carbonyl (C=O) groups is 1. The fraction of sp³-hybridized carbons (Fsp3) is 0.269. The van der Waals surface area contributed by atoms with Crippen molar-refractivity contribution in [2.45, 2.75) is 17.2 Å². The van der Waals surface area contributed by atoms with Gasteiger partial charge in [0.05, 0.1) is 4.90 Å². The van der Waals surface area contributed by atoms with Crippen molar-refractivity contribution in [3.8, 4) is 0 Å². The molecule has 0 unspecified atom stereocenters. The number of piperazine rings is 1. The molecule has 1 saturated heterocycles. The molecule has 172 valence electrons. The van der Waals surface area contributed by atoms with Gasteiger partial charge in [-0.3, -0.25) is 4.79 Å². The van der Waals surface area contributed by atoms with Crippen molar-refractivity contribution in [2.75, 3.05) is 38.5 Å². The quantitative estimate of drug-likeness (QED) is 0.579. The predicted molar refractivity (Wildman–Crippen MR) is 131 cm³/mol. The molecule has 1 aliphatic rings. The Kier molecular flexibility index (Phi) is 7.23. The number of nitrogens with one attached hydrogen (secondary N) is 1. The number of nitrogens with zero attached hydrogens (tertiary/aromatic N) is 2. The van der Waals surface area contributed by atoms with E-state index in [9.17, 15) is 13.2 Å². The number of anilines is 1. The minimum atomic E-state index is -3.53. The molecule has 6 nitrogen and oxygen atoms in total. The third kappa shape index (κ3) is 5.68. The van der Waals surface area contributed by atoms with Crippen molar-refractivity contribution in [1.29, 1.82) is 0 Å². The predicted octanol–water partition coefficient (Wildman–Crippen LogP) is 3.78. The largest absolute Gasteiger partial charge is 0.326 e. The molecule has 0 spiro atoms. The Morgan fingerprint density at radius 2 is 1.33 bits per heavy atom. The maximum absolute atomic E-state index is 12.9. The van der Waals surface area contributed by atoms with Crippen LogP contribution in [0.25, 0.3) is 0 Å². The molecule has 0 aliphatic carbocycles. The number of amides is 1. The molecule has 0 aromatic heterocycles. The third-order valence-electron chi connectivity index (χ3n) is 6.03. The molecule has 0 bridgehead atoms. The highest BCUT2D eigenvalue weighted by Crippen LogP contribution is 2.28. The molecular weight excluding hydrogens is 434 g/mol. The van der Waals surface area contributed by atoms with Gasteiger partial charge in [-0.1, -0.05) is 60.7 Å². The van der Waals surface area contributed by atoms with Gasteiger partial charge in [-0.15, -0.1) is 0 Å². The molecule has 33 heavy (non-hydrogen) atoms. The zero-order valence-electron chi connectivity index (χ0n) is 18.7. The molecule has 1 aliphatic heterocycles. The van der Waals surface area contributed by atoms with Gasteiger partial charge in [-0.05, 0) is 42.4 Å². The first-order chi connectivity index (χ1) is 15.9. The van der Waals surface area contributed by atoms with Crippen molar-refractivity contribution >= 4 is 21.6 Å². The van der Waals surface area contributed by atoms with E-state index in [1.165, 1.54) is 4.31 Å². The van der Waals surface area contributed by atoms with Crippen LogP contribution in [0.5, 0.6) is 0 Å². The van der Waals surface area contributed by atoms with Crippen LogP contribution in [0.4, 0.5) is 5.69 Å². The topological polar surface area (TPSA) is 69.7 Å². The average Bonchev–Trinajstić information content (AvgIpc) is 2.84. The molecule has 7 heteroatoms. The number of rotatable bonds is 7. The van der Waals surface area contributed by atoms with E-state index >= 15 is 0 Å². The van der Waals surface area contributed by atoms with Gasteiger partial charge in [0.25, 0.3) is 0 Å². The minimum absolute atomic E-state index is 0.0655. The molecule has 0 atom stereocenters. The van der Waals surface area contributed by atoms with E-state index in [-0.39, 0.29) is 23.1 Å². The van der Waals surface area contributed by atoms with Crippen LogP contribution in [0.3, 0.4) is 0 Å². The highest BCUT2D eigenvalue weighted by Gasteiger charge is 2.27. The van der Waals surface area contributed by atoms with E-state index in [0.717, 1.165) is 24.2 Å². The van der Waals surface area contributed by atoms with Crippen molar-refractivity contribution in [1.82, 2.24) is 9.21 Å². The maximum Gasteiger partial charge on any atom is 0.243 e. The van der Waals surface area contributed by atoms with Crippen LogP contribution in [0.1, 0.15) is 23.5 Å². The molecule has 1 amide bonds. The molecule has 4 rings (SSSR count). The van der Waals surface area contributed by atoms with E-state index in [4.69, 9.17) is 0 Å². The molecule has 1 heterocycles. The van der Waals surface area contributed by atoms with E-state index in [1.807, 2.05) is 67.7 Å². The molecule has 1 fully saturated rings. The smallest absolute Gasteiger partial charge is 0.243 e. The molecule has 1 N–H and O–H groups in total. The van der Waals surface area contributed by atoms with Gasteiger partial charge in [0.15, 0.2) is 0 Å². The standard InChI is InChI=1S/C26H29N3O3S/c1-28-16-18-29(19-17-28)33(31,32)24-14-12-23(13-15-24)27-26(30)20-25(21-8-4-2-5-9-21)22-10-6-3-7-11-22/h2-15,25H,16-20H2,1H3,(H,27,30). The zero-order valence-corrected chi connectivity index (χ0v) is 19.5. The van der Waals surface area contributed by atoms with Gasteiger partial charge in [0.1, 0.15) is 0 Å². The monoisotopic (exact) mass is 463 g/mol. The first kappa shape index (κ1) is 23.2. The molecule has 0 radical (unpaired) electrons. The number of benzene rings is 3. The van der Waals surface area contributed by atoms with Crippen LogP contribution in [0, 0.1) is 0 Å². The summed E-state index contributed by atoms with van der Waals surface area (Å²) in [5.74, 6) is -0.188. The summed E-state index contributed by atoms with van der Waals surface area (Å²) in [5.41, 5.74) is 2.73. The first-order valence-corrected chi connectivity index (χ1v) is 12.6. The summed E-state index contributed by atoms with van der Waals surface area (Å²) in [6.45, 7) is 2.41. The number of likely N-dealkylation sites (N-methyl/N-ethyl adjacent to an activating group) is 1. The second kappa shape index (κ2) is 10.3. The summed E-state index contributed by atoms with van der Waals surface area (Å²) >= 11 is 0. The van der Waals surface area contributed by atoms with Crippen LogP contribution in [0.2, 0.25) is 0 Å². The fourth-order valence-electron chi connectivity index (χ4n) is 4.08. The van der Waals surface area contributed by atoms with Crippen molar-refractivity contribution in [3.05, 3.63) is 96.1 Å². The number of hydrogen-bond donors (Lipinski definition) is 1. The van der Waals surface area contributed by atoms with Gasteiger partial charge >= 0.3 is 0 Å². The Morgan fingerprint density at radius 3 is 1.85 bits per heavy atom. The van der Waals surface area contributed by atoms with E-state index in [0.29, 0.717) is 18.8 Å². The Balaban J connectivity index is 1.45. The Bertz CT molecular complexity index is 1120. The molecule has 3 aromatic carbocycles. The highest BCUT2D eigenvalue weighted by molar-refractivity contribution is 7.89. The van der Waals surface area contributed by atoms with Crippen LogP contribution in [0.15, 0.2) is 89.8 Å². The Hall–Kier alpha value is -3.00. The number of hydrogen-bond acceptors (Lipinski definition) is 4. The summed E-state index contributed by atoms with van der Waals surface area (Å²) in [5, 5.41) is 2.92. The van der Waals surface area contributed by atoms with Crippen LogP contribution < -0.4 is 5.32 Å². The van der Waals surface area contributed by atoms with Crippen molar-refractivity contribution < 1.29 is 13.2 Å². The summed E-state index contributed by atoms with van der Waals surface area (Å²) in [6.07, 6.45) is 0.287. The van der Waals surface area contributed by atoms with Crippen LogP contribution in [-0.4, -0.2) is 56.8 Å². The summed E-state index contributed by atoms with van der Waals surface area (Å²) in [4.78, 5) is 15.2. The fourth-order valence-corrected chi connectivity index (χ4v) is 5.51. The van der Waals surface area contributed by atoms with Gasteiger partial charge in [-0.25, -0.2) is 8.42 Å². The number of sulfonamides is 1. The SMILES string of the molecule is CN1CCN(S(=O)(=O)c2ccc(NC(=O)CC(c3ccccc3)c3ccccc3)cc2)CC1. The van der Waals surface area contributed by atoms with E-state index in [1.54, 1.807) is 24.3 Å². The van der Waals surface area contributed by atoms with Crippen LogP contribution in [-0.2, 0) is 14.8 Å². The Morgan fingerprint density at radius 1 is 0.818 bits per heavy atom. The maximum atomic E-state index is 12.9. The first-order valence-electron chi connectivity index (χ1n) is 11.1. The average molecular weight is 464 g/mol. The molecular formula is C26H29N3O3S. The Labute approximate surface area is 195 Å². The lowest BCUT2D eigenvalue weighted by Gasteiger charge is -2.31. The highest BCUT2D eigenvalue weighted by atomic mass is 32.2. The van der Waals surface area contributed by atoms with Gasteiger partial charge in [0.2, 0.25) is 15.9 Å². The van der Waals surface area contributed by atoms with Crippen molar-refractivity contribution in [2.24, 2.45) is 0 Å². The van der Waals surface area contributed by atoms with Crippen LogP contribution >= 0.6 is 0 Å². The second-order valence-electron chi connectivity index (χ2n) is 8.36. The van der Waals surface area contributed by atoms with Crippen molar-refractivity contribution in [3.63, 3.8) is 0 Å². The van der Waals surface area contributed by atoms with Gasteiger partial charge in [-0.2, -0.15) is 4.31 Å². The minimum Gasteiger partial charge on any atom is -0.326 e. The summed E-state index contributed by atoms with van der Waals surface area (Å²) in [6, 6.07) is 26.4. The lowest BCUT2D eigenvalue weighted by Crippen LogP contribution is -2.46. The second-order valence-corrected chi connectivity index (χ2v) is 10.3. The number of carbonyl (C=O) groups excluding carboxylic acids is 1.